The standard InChI is InChI=1S/C36H23BN2O/c1-2-12-24(13-3-1)38-32-20-10-6-16-28(32)37-29-17-7-11-21-34(29)40-35-23-25(22-33(38)36(35)37)39-30-18-8-4-14-26(30)27-15-5-9-19-31(27)39/h1-23H. The summed E-state index contributed by atoms with van der Waals surface area (Å²) in [6.45, 7) is 0.0957. The van der Waals surface area contributed by atoms with Crippen LogP contribution in [0.15, 0.2) is 140 Å². The van der Waals surface area contributed by atoms with Gasteiger partial charge in [-0.2, -0.15) is 0 Å². The number of benzene rings is 6. The summed E-state index contributed by atoms with van der Waals surface area (Å²) in [5.74, 6) is 1.83. The second-order valence-corrected chi connectivity index (χ2v) is 10.5. The van der Waals surface area contributed by atoms with Crippen molar-refractivity contribution in [2.24, 2.45) is 0 Å². The van der Waals surface area contributed by atoms with Crippen molar-refractivity contribution < 1.29 is 4.74 Å². The summed E-state index contributed by atoms with van der Waals surface area (Å²) in [5, 5.41) is 2.50. The fraction of sp³-hybridized carbons (Fsp3) is 0. The van der Waals surface area contributed by atoms with E-state index in [1.54, 1.807) is 0 Å². The second kappa shape index (κ2) is 8.14. The van der Waals surface area contributed by atoms with E-state index >= 15 is 0 Å². The van der Waals surface area contributed by atoms with Gasteiger partial charge in [0.15, 0.2) is 0 Å². The second-order valence-electron chi connectivity index (χ2n) is 10.5. The van der Waals surface area contributed by atoms with Crippen molar-refractivity contribution >= 4 is 62.0 Å². The highest BCUT2D eigenvalue weighted by molar-refractivity contribution is 6.99. The van der Waals surface area contributed by atoms with Crippen molar-refractivity contribution in [2.45, 2.75) is 0 Å². The van der Waals surface area contributed by atoms with Crippen LogP contribution >= 0.6 is 0 Å². The fourth-order valence-corrected chi connectivity index (χ4v) is 6.82. The zero-order valence-electron chi connectivity index (χ0n) is 21.7. The lowest BCUT2D eigenvalue weighted by Crippen LogP contribution is -2.59. The van der Waals surface area contributed by atoms with Crippen molar-refractivity contribution in [1.29, 1.82) is 0 Å². The van der Waals surface area contributed by atoms with E-state index in [0.717, 1.165) is 28.6 Å². The molecule has 0 saturated heterocycles. The van der Waals surface area contributed by atoms with E-state index < -0.39 is 0 Å². The molecule has 0 bridgehead atoms. The third kappa shape index (κ3) is 2.90. The average molecular weight is 510 g/mol. The van der Waals surface area contributed by atoms with E-state index in [1.165, 1.54) is 43.9 Å². The van der Waals surface area contributed by atoms with Crippen LogP contribution < -0.4 is 26.0 Å². The van der Waals surface area contributed by atoms with Gasteiger partial charge in [-0.25, -0.2) is 0 Å². The largest absolute Gasteiger partial charge is 0.458 e. The van der Waals surface area contributed by atoms with Crippen LogP contribution in [-0.2, 0) is 0 Å². The zero-order chi connectivity index (χ0) is 26.2. The lowest BCUT2D eigenvalue weighted by molar-refractivity contribution is 0.487. The number of anilines is 3. The molecule has 3 nitrogen and oxygen atoms in total. The van der Waals surface area contributed by atoms with Gasteiger partial charge in [0.2, 0.25) is 0 Å². The molecule has 0 aliphatic carbocycles. The first kappa shape index (κ1) is 21.7. The Morgan fingerprint density at radius 3 is 1.88 bits per heavy atom. The Labute approximate surface area is 232 Å². The molecule has 0 fully saturated rings. The number of hydrogen-bond acceptors (Lipinski definition) is 2. The van der Waals surface area contributed by atoms with Gasteiger partial charge in [0.05, 0.1) is 16.7 Å². The van der Waals surface area contributed by atoms with Crippen LogP contribution in [0.5, 0.6) is 11.5 Å². The number of aromatic nitrogens is 1. The van der Waals surface area contributed by atoms with Gasteiger partial charge >= 0.3 is 0 Å². The molecule has 0 unspecified atom stereocenters. The lowest BCUT2D eigenvalue weighted by Gasteiger charge is -2.40. The van der Waals surface area contributed by atoms with Gasteiger partial charge in [-0.1, -0.05) is 91.0 Å². The molecule has 9 rings (SSSR count). The summed E-state index contributed by atoms with van der Waals surface area (Å²) >= 11 is 0. The van der Waals surface area contributed by atoms with Crippen LogP contribution in [0, 0.1) is 0 Å². The minimum Gasteiger partial charge on any atom is -0.458 e. The number of ether oxygens (including phenoxy) is 1. The highest BCUT2D eigenvalue weighted by Gasteiger charge is 2.42. The quantitative estimate of drug-likeness (QED) is 0.229. The highest BCUT2D eigenvalue weighted by atomic mass is 16.5. The van der Waals surface area contributed by atoms with Gasteiger partial charge in [0, 0.05) is 33.9 Å². The van der Waals surface area contributed by atoms with Crippen molar-refractivity contribution in [2.75, 3.05) is 4.90 Å². The summed E-state index contributed by atoms with van der Waals surface area (Å²) in [6, 6.07) is 49.9. The highest BCUT2D eigenvalue weighted by Crippen LogP contribution is 2.43. The third-order valence-corrected chi connectivity index (χ3v) is 8.43. The summed E-state index contributed by atoms with van der Waals surface area (Å²) in [6.07, 6.45) is 0. The van der Waals surface area contributed by atoms with E-state index in [9.17, 15) is 0 Å². The summed E-state index contributed by atoms with van der Waals surface area (Å²) in [7, 11) is 0. The smallest absolute Gasteiger partial charge is 0.256 e. The molecule has 4 heteroatoms. The van der Waals surface area contributed by atoms with Crippen molar-refractivity contribution in [3.05, 3.63) is 140 Å². The van der Waals surface area contributed by atoms with E-state index in [1.807, 2.05) is 0 Å². The van der Waals surface area contributed by atoms with Crippen LogP contribution in [0.1, 0.15) is 0 Å². The molecule has 0 atom stereocenters. The van der Waals surface area contributed by atoms with Gasteiger partial charge in [0.25, 0.3) is 6.71 Å². The molecular weight excluding hydrogens is 487 g/mol. The van der Waals surface area contributed by atoms with E-state index in [-0.39, 0.29) is 6.71 Å². The molecule has 0 saturated carbocycles. The Morgan fingerprint density at radius 1 is 0.475 bits per heavy atom. The number of fused-ring (bicyclic) bond motifs is 7. The lowest BCUT2D eigenvalue weighted by atomic mass is 9.34. The fourth-order valence-electron chi connectivity index (χ4n) is 6.82. The van der Waals surface area contributed by atoms with Gasteiger partial charge in [-0.05, 0) is 58.9 Å². The number of rotatable bonds is 2. The first-order valence-corrected chi connectivity index (χ1v) is 13.7. The average Bonchev–Trinajstić information content (AvgIpc) is 3.35. The molecule has 2 aliphatic rings. The molecule has 1 aromatic heterocycles. The maximum atomic E-state index is 6.75. The van der Waals surface area contributed by atoms with Crippen LogP contribution in [0.25, 0.3) is 27.5 Å². The Bertz CT molecular complexity index is 2060. The molecule has 0 spiro atoms. The predicted octanol–water partition coefficient (Wildman–Crippen LogP) is 7.19. The Hall–Kier alpha value is -5.22. The number of nitrogens with zero attached hydrogens (tertiary/aromatic N) is 2. The molecule has 186 valence electrons. The molecule has 3 heterocycles. The van der Waals surface area contributed by atoms with Crippen molar-refractivity contribution in [3.63, 3.8) is 0 Å². The topological polar surface area (TPSA) is 17.4 Å². The predicted molar refractivity (Wildman–Crippen MR) is 167 cm³/mol. The van der Waals surface area contributed by atoms with Gasteiger partial charge in [0.1, 0.15) is 11.5 Å². The summed E-state index contributed by atoms with van der Waals surface area (Å²) < 4.78 is 9.13. The number of para-hydroxylation sites is 5. The minimum absolute atomic E-state index is 0.0957. The van der Waals surface area contributed by atoms with E-state index in [2.05, 4.69) is 149 Å². The summed E-state index contributed by atoms with van der Waals surface area (Å²) in [5.41, 5.74) is 10.7. The van der Waals surface area contributed by atoms with Crippen molar-refractivity contribution in [3.8, 4) is 17.2 Å². The normalized spacial score (nSPS) is 13.1. The molecule has 40 heavy (non-hydrogen) atoms. The van der Waals surface area contributed by atoms with Gasteiger partial charge < -0.3 is 14.2 Å². The van der Waals surface area contributed by atoms with Gasteiger partial charge in [-0.3, -0.25) is 0 Å². The Balaban J connectivity index is 1.41. The van der Waals surface area contributed by atoms with Crippen molar-refractivity contribution in [1.82, 2.24) is 4.57 Å². The molecule has 0 N–H and O–H groups in total. The molecule has 0 radical (unpaired) electrons. The van der Waals surface area contributed by atoms with Crippen LogP contribution in [0.4, 0.5) is 17.1 Å². The first-order chi connectivity index (χ1) is 19.9. The minimum atomic E-state index is 0.0957. The molecule has 2 aliphatic heterocycles. The van der Waals surface area contributed by atoms with Crippen LogP contribution in [0.2, 0.25) is 0 Å². The monoisotopic (exact) mass is 510 g/mol. The SMILES string of the molecule is c1ccc(N2c3ccccc3B3c4ccccc4Oc4cc(-n5c6ccccc6c6ccccc65)cc2c43)cc1. The number of hydrogen-bond donors (Lipinski definition) is 0. The summed E-state index contributed by atoms with van der Waals surface area (Å²) in [4.78, 5) is 2.40. The first-order valence-electron chi connectivity index (χ1n) is 13.7. The molecule has 7 aromatic rings. The van der Waals surface area contributed by atoms with Crippen LogP contribution in [-0.4, -0.2) is 11.3 Å². The molecular formula is C36H23BN2O. The molecule has 6 aromatic carbocycles. The van der Waals surface area contributed by atoms with Gasteiger partial charge in [-0.15, -0.1) is 0 Å². The third-order valence-electron chi connectivity index (χ3n) is 8.43. The van der Waals surface area contributed by atoms with E-state index in [4.69, 9.17) is 4.74 Å². The Kier molecular flexibility index (Phi) is 4.41. The molecule has 0 amide bonds. The zero-order valence-corrected chi connectivity index (χ0v) is 21.7. The van der Waals surface area contributed by atoms with E-state index in [0.29, 0.717) is 0 Å². The maximum Gasteiger partial charge on any atom is 0.256 e. The van der Waals surface area contributed by atoms with Crippen LogP contribution in [0.3, 0.4) is 0 Å². The Morgan fingerprint density at radius 2 is 1.10 bits per heavy atom. The maximum absolute atomic E-state index is 6.75.